The van der Waals surface area contributed by atoms with Crippen LogP contribution in [0.15, 0.2) is 6.07 Å². The largest absolute Gasteiger partial charge is 0.369 e. The van der Waals surface area contributed by atoms with E-state index in [1.807, 2.05) is 6.07 Å². The van der Waals surface area contributed by atoms with Gasteiger partial charge in [-0.3, -0.25) is 9.59 Å². The molecule has 1 atom stereocenters. The topological polar surface area (TPSA) is 63.4 Å². The molecule has 1 unspecified atom stereocenters. The number of nitrogens with zero attached hydrogens (tertiary/aromatic N) is 1. The maximum absolute atomic E-state index is 12.5. The summed E-state index contributed by atoms with van der Waals surface area (Å²) >= 11 is 1.63. The number of rotatable bonds is 2. The maximum atomic E-state index is 12.5. The molecule has 1 aliphatic carbocycles. The molecule has 3 rings (SSSR count). The van der Waals surface area contributed by atoms with E-state index >= 15 is 0 Å². The molecule has 19 heavy (non-hydrogen) atoms. The summed E-state index contributed by atoms with van der Waals surface area (Å²) in [5.41, 5.74) is 6.70. The summed E-state index contributed by atoms with van der Waals surface area (Å²) in [6, 6.07) is 2.04. The molecule has 4 nitrogen and oxygen atoms in total. The molecule has 0 aromatic carbocycles. The highest BCUT2D eigenvalue weighted by Crippen LogP contribution is 2.31. The van der Waals surface area contributed by atoms with Crippen molar-refractivity contribution in [2.24, 2.45) is 11.7 Å². The summed E-state index contributed by atoms with van der Waals surface area (Å²) in [6.45, 7) is 1.22. The first-order valence-electron chi connectivity index (χ1n) is 6.85. The lowest BCUT2D eigenvalue weighted by molar-refractivity contribution is -0.123. The number of carbonyl (C=O) groups excluding carboxylic acids is 2. The van der Waals surface area contributed by atoms with Crippen molar-refractivity contribution in [1.29, 1.82) is 0 Å². The number of primary amides is 1. The van der Waals surface area contributed by atoms with Crippen molar-refractivity contribution in [3.63, 3.8) is 0 Å². The van der Waals surface area contributed by atoms with Crippen LogP contribution in [0.5, 0.6) is 0 Å². The Balaban J connectivity index is 1.74. The Morgan fingerprint density at radius 1 is 1.32 bits per heavy atom. The monoisotopic (exact) mass is 278 g/mol. The average molecular weight is 278 g/mol. The summed E-state index contributed by atoms with van der Waals surface area (Å²) in [6.07, 6.45) is 5.09. The Morgan fingerprint density at radius 3 is 2.89 bits per heavy atom. The molecule has 2 amide bonds. The predicted molar refractivity (Wildman–Crippen MR) is 74.2 cm³/mol. The van der Waals surface area contributed by atoms with Crippen LogP contribution in [0.25, 0.3) is 0 Å². The first-order valence-corrected chi connectivity index (χ1v) is 7.67. The first kappa shape index (κ1) is 12.7. The van der Waals surface area contributed by atoms with Gasteiger partial charge < -0.3 is 10.6 Å². The SMILES string of the molecule is NC(=O)C1CCCN(C(=O)c2cc3c(s2)CCC3)C1. The van der Waals surface area contributed by atoms with Crippen molar-refractivity contribution in [3.05, 3.63) is 21.4 Å². The van der Waals surface area contributed by atoms with Crippen LogP contribution in [0.1, 0.15) is 39.4 Å². The van der Waals surface area contributed by atoms with Crippen LogP contribution in [0.4, 0.5) is 0 Å². The number of hydrogen-bond donors (Lipinski definition) is 1. The molecular weight excluding hydrogens is 260 g/mol. The van der Waals surface area contributed by atoms with Gasteiger partial charge in [0.25, 0.3) is 5.91 Å². The number of likely N-dealkylation sites (tertiary alicyclic amines) is 1. The number of fused-ring (bicyclic) bond motifs is 1. The van der Waals surface area contributed by atoms with Gasteiger partial charge in [0, 0.05) is 18.0 Å². The van der Waals surface area contributed by atoms with Crippen LogP contribution in [-0.4, -0.2) is 29.8 Å². The first-order chi connectivity index (χ1) is 9.15. The van der Waals surface area contributed by atoms with E-state index in [1.165, 1.54) is 16.9 Å². The molecule has 1 aliphatic heterocycles. The van der Waals surface area contributed by atoms with Gasteiger partial charge >= 0.3 is 0 Å². The highest BCUT2D eigenvalue weighted by atomic mass is 32.1. The van der Waals surface area contributed by atoms with Crippen molar-refractivity contribution in [2.45, 2.75) is 32.1 Å². The molecule has 2 N–H and O–H groups in total. The summed E-state index contributed by atoms with van der Waals surface area (Å²) < 4.78 is 0. The van der Waals surface area contributed by atoms with Crippen molar-refractivity contribution < 1.29 is 9.59 Å². The molecule has 0 saturated carbocycles. The van der Waals surface area contributed by atoms with Gasteiger partial charge in [-0.05, 0) is 43.7 Å². The highest BCUT2D eigenvalue weighted by Gasteiger charge is 2.29. The van der Waals surface area contributed by atoms with Crippen molar-refractivity contribution in [3.8, 4) is 0 Å². The molecule has 0 bridgehead atoms. The Morgan fingerprint density at radius 2 is 2.16 bits per heavy atom. The third-order valence-electron chi connectivity index (χ3n) is 4.07. The van der Waals surface area contributed by atoms with E-state index in [1.54, 1.807) is 16.2 Å². The van der Waals surface area contributed by atoms with Gasteiger partial charge in [0.05, 0.1) is 10.8 Å². The molecule has 102 valence electrons. The highest BCUT2D eigenvalue weighted by molar-refractivity contribution is 7.14. The molecule has 1 fully saturated rings. The smallest absolute Gasteiger partial charge is 0.263 e. The quantitative estimate of drug-likeness (QED) is 0.892. The Labute approximate surface area is 116 Å². The van der Waals surface area contributed by atoms with Gasteiger partial charge in [0.1, 0.15) is 0 Å². The van der Waals surface area contributed by atoms with Gasteiger partial charge in [-0.15, -0.1) is 11.3 Å². The lowest BCUT2D eigenvalue weighted by Crippen LogP contribution is -2.43. The maximum Gasteiger partial charge on any atom is 0.263 e. The second-order valence-corrected chi connectivity index (χ2v) is 6.54. The van der Waals surface area contributed by atoms with Crippen molar-refractivity contribution >= 4 is 23.2 Å². The van der Waals surface area contributed by atoms with E-state index in [0.29, 0.717) is 6.54 Å². The number of amides is 2. The molecule has 2 aliphatic rings. The van der Waals surface area contributed by atoms with Crippen LogP contribution in [0, 0.1) is 5.92 Å². The molecule has 5 heteroatoms. The molecule has 1 saturated heterocycles. The molecule has 0 radical (unpaired) electrons. The average Bonchev–Trinajstić information content (AvgIpc) is 2.98. The van der Waals surface area contributed by atoms with Crippen LogP contribution >= 0.6 is 11.3 Å². The number of piperidine rings is 1. The second-order valence-electron chi connectivity index (χ2n) is 5.41. The molecule has 2 heterocycles. The van der Waals surface area contributed by atoms with E-state index in [2.05, 4.69) is 0 Å². The minimum Gasteiger partial charge on any atom is -0.369 e. The number of aryl methyl sites for hydroxylation is 2. The number of thiophene rings is 1. The van der Waals surface area contributed by atoms with Crippen molar-refractivity contribution in [2.75, 3.05) is 13.1 Å². The number of nitrogens with two attached hydrogens (primary N) is 1. The van der Waals surface area contributed by atoms with Crippen LogP contribution in [-0.2, 0) is 17.6 Å². The normalized spacial score (nSPS) is 22.3. The van der Waals surface area contributed by atoms with E-state index in [-0.39, 0.29) is 17.7 Å². The molecule has 1 aromatic heterocycles. The zero-order valence-corrected chi connectivity index (χ0v) is 11.7. The zero-order chi connectivity index (χ0) is 13.4. The summed E-state index contributed by atoms with van der Waals surface area (Å²) in [5, 5.41) is 0. The minimum absolute atomic E-state index is 0.0744. The standard InChI is InChI=1S/C14H18N2O2S/c15-13(17)10-4-2-6-16(8-10)14(18)12-7-9-3-1-5-11(9)19-12/h7,10H,1-6,8H2,(H2,15,17). The third kappa shape index (κ3) is 2.39. The van der Waals surface area contributed by atoms with Gasteiger partial charge in [-0.25, -0.2) is 0 Å². The fraction of sp³-hybridized carbons (Fsp3) is 0.571. The number of carbonyl (C=O) groups is 2. The van der Waals surface area contributed by atoms with Crippen LogP contribution < -0.4 is 5.73 Å². The summed E-state index contributed by atoms with van der Waals surface area (Å²) in [7, 11) is 0. The predicted octanol–water partition coefficient (Wildman–Crippen LogP) is 1.57. The summed E-state index contributed by atoms with van der Waals surface area (Å²) in [4.78, 5) is 27.7. The molecular formula is C14H18N2O2S. The lowest BCUT2D eigenvalue weighted by Gasteiger charge is -2.30. The zero-order valence-electron chi connectivity index (χ0n) is 10.9. The molecule has 1 aromatic rings. The molecule has 0 spiro atoms. The van der Waals surface area contributed by atoms with Crippen molar-refractivity contribution in [1.82, 2.24) is 4.90 Å². The second kappa shape index (κ2) is 4.96. The Bertz CT molecular complexity index is 502. The van der Waals surface area contributed by atoms with Gasteiger partial charge in [0.2, 0.25) is 5.91 Å². The minimum atomic E-state index is -0.286. The third-order valence-corrected chi connectivity index (χ3v) is 5.29. The van der Waals surface area contributed by atoms with Gasteiger partial charge in [-0.2, -0.15) is 0 Å². The Hall–Kier alpha value is -1.36. The van der Waals surface area contributed by atoms with E-state index in [4.69, 9.17) is 5.73 Å². The summed E-state index contributed by atoms with van der Waals surface area (Å²) in [5.74, 6) is -0.388. The lowest BCUT2D eigenvalue weighted by atomic mass is 9.97. The van der Waals surface area contributed by atoms with Crippen LogP contribution in [0.3, 0.4) is 0 Å². The Kier molecular flexibility index (Phi) is 3.31. The fourth-order valence-electron chi connectivity index (χ4n) is 2.98. The van der Waals surface area contributed by atoms with E-state index in [0.717, 1.165) is 37.1 Å². The van der Waals surface area contributed by atoms with Gasteiger partial charge in [0.15, 0.2) is 0 Å². The van der Waals surface area contributed by atoms with E-state index in [9.17, 15) is 9.59 Å². The van der Waals surface area contributed by atoms with Gasteiger partial charge in [-0.1, -0.05) is 0 Å². The fourth-order valence-corrected chi connectivity index (χ4v) is 4.21. The number of hydrogen-bond acceptors (Lipinski definition) is 3. The van der Waals surface area contributed by atoms with Crippen LogP contribution in [0.2, 0.25) is 0 Å². The van der Waals surface area contributed by atoms with E-state index < -0.39 is 0 Å².